The van der Waals surface area contributed by atoms with Crippen LogP contribution < -0.4 is 5.32 Å². The first-order valence-corrected chi connectivity index (χ1v) is 7.26. The van der Waals surface area contributed by atoms with Crippen molar-refractivity contribution in [3.63, 3.8) is 0 Å². The molecule has 0 amide bonds. The molecule has 0 spiro atoms. The molecule has 0 aliphatic carbocycles. The molecule has 100 valence electrons. The maximum absolute atomic E-state index is 6.01. The van der Waals surface area contributed by atoms with Crippen LogP contribution in [0.4, 0.5) is 0 Å². The van der Waals surface area contributed by atoms with E-state index in [1.165, 1.54) is 31.7 Å². The second kappa shape index (κ2) is 6.10. The zero-order valence-electron chi connectivity index (χ0n) is 10.0. The third-order valence-corrected chi connectivity index (χ3v) is 5.07. The Hall–Kier alpha value is 0.200. The molecule has 2 nitrogen and oxygen atoms in total. The quantitative estimate of drug-likeness (QED) is 0.880. The van der Waals surface area contributed by atoms with Gasteiger partial charge in [-0.1, -0.05) is 17.7 Å². The third-order valence-electron chi connectivity index (χ3n) is 3.86. The van der Waals surface area contributed by atoms with Crippen LogP contribution in [-0.4, -0.2) is 31.1 Å². The molecule has 0 aromatic heterocycles. The van der Waals surface area contributed by atoms with Crippen LogP contribution in [0.3, 0.4) is 0 Å². The summed E-state index contributed by atoms with van der Waals surface area (Å²) >= 11 is 9.49. The van der Waals surface area contributed by atoms with E-state index in [1.807, 2.05) is 6.07 Å². The van der Waals surface area contributed by atoms with E-state index >= 15 is 0 Å². The van der Waals surface area contributed by atoms with E-state index < -0.39 is 0 Å². The molecular weight excluding hydrogens is 335 g/mol. The largest absolute Gasteiger partial charge is 0.316 e. The molecule has 1 aromatic carbocycles. The Bertz CT molecular complexity index is 415. The van der Waals surface area contributed by atoms with Gasteiger partial charge in [0.15, 0.2) is 0 Å². The maximum atomic E-state index is 6.01. The van der Waals surface area contributed by atoms with Crippen LogP contribution in [-0.2, 0) is 6.54 Å². The van der Waals surface area contributed by atoms with Gasteiger partial charge in [0.05, 0.1) is 5.02 Å². The van der Waals surface area contributed by atoms with Gasteiger partial charge in [0.2, 0.25) is 0 Å². The fourth-order valence-electron chi connectivity index (χ4n) is 2.98. The Morgan fingerprint density at radius 2 is 1.94 bits per heavy atom. The molecule has 1 aromatic rings. The molecule has 2 saturated heterocycles. The van der Waals surface area contributed by atoms with E-state index in [-0.39, 0.29) is 12.4 Å². The van der Waals surface area contributed by atoms with Gasteiger partial charge < -0.3 is 5.32 Å². The summed E-state index contributed by atoms with van der Waals surface area (Å²) in [4.78, 5) is 2.56. The average Bonchev–Trinajstić information content (AvgIpc) is 2.84. The third kappa shape index (κ3) is 3.02. The Labute approximate surface area is 128 Å². The van der Waals surface area contributed by atoms with Crippen LogP contribution in [0.5, 0.6) is 0 Å². The summed E-state index contributed by atoms with van der Waals surface area (Å²) in [6.07, 6.45) is 0. The molecule has 2 fully saturated rings. The number of rotatable bonds is 2. The van der Waals surface area contributed by atoms with Crippen LogP contribution in [0, 0.1) is 11.8 Å². The van der Waals surface area contributed by atoms with Gasteiger partial charge in [0.25, 0.3) is 0 Å². The fourth-order valence-corrected chi connectivity index (χ4v) is 3.52. The van der Waals surface area contributed by atoms with Crippen molar-refractivity contribution < 1.29 is 0 Å². The molecular formula is C13H17BrCl2N2. The van der Waals surface area contributed by atoms with Gasteiger partial charge in [0, 0.05) is 24.1 Å². The van der Waals surface area contributed by atoms with Crippen LogP contribution >= 0.6 is 39.9 Å². The highest BCUT2D eigenvalue weighted by molar-refractivity contribution is 9.10. The molecule has 2 heterocycles. The standard InChI is InChI=1S/C13H16BrClN2.ClH/c14-12-3-9(1-2-13(12)15)6-17-7-10-4-16-5-11(10)8-17;/h1-3,10-11,16H,4-8H2;1H/t10-,11+;. The minimum absolute atomic E-state index is 0. The number of likely N-dealkylation sites (tertiary alicyclic amines) is 1. The minimum atomic E-state index is 0. The van der Waals surface area contributed by atoms with E-state index in [9.17, 15) is 0 Å². The van der Waals surface area contributed by atoms with Crippen LogP contribution in [0.1, 0.15) is 5.56 Å². The highest BCUT2D eigenvalue weighted by Gasteiger charge is 2.35. The number of hydrogen-bond donors (Lipinski definition) is 1. The predicted molar refractivity (Wildman–Crippen MR) is 81.5 cm³/mol. The minimum Gasteiger partial charge on any atom is -0.316 e. The van der Waals surface area contributed by atoms with Crippen molar-refractivity contribution in [3.05, 3.63) is 33.3 Å². The molecule has 3 rings (SSSR count). The second-order valence-corrected chi connectivity index (χ2v) is 6.38. The van der Waals surface area contributed by atoms with Crippen molar-refractivity contribution in [2.24, 2.45) is 11.8 Å². The molecule has 0 saturated carbocycles. The number of fused-ring (bicyclic) bond motifs is 1. The number of benzene rings is 1. The normalized spacial score (nSPS) is 27.0. The van der Waals surface area contributed by atoms with Crippen LogP contribution in [0.25, 0.3) is 0 Å². The predicted octanol–water partition coefficient (Wildman–Crippen LogP) is 3.18. The van der Waals surface area contributed by atoms with Crippen molar-refractivity contribution in [2.45, 2.75) is 6.54 Å². The zero-order chi connectivity index (χ0) is 11.8. The first-order chi connectivity index (χ1) is 8.22. The molecule has 2 aliphatic rings. The van der Waals surface area contributed by atoms with Crippen LogP contribution in [0.2, 0.25) is 5.02 Å². The molecule has 0 radical (unpaired) electrons. The van der Waals surface area contributed by atoms with Gasteiger partial charge in [-0.15, -0.1) is 12.4 Å². The average molecular weight is 352 g/mol. The van der Waals surface area contributed by atoms with Crippen molar-refractivity contribution in [3.8, 4) is 0 Å². The van der Waals surface area contributed by atoms with Gasteiger partial charge in [-0.2, -0.15) is 0 Å². The summed E-state index contributed by atoms with van der Waals surface area (Å²) in [5, 5.41) is 4.26. The van der Waals surface area contributed by atoms with Gasteiger partial charge in [-0.25, -0.2) is 0 Å². The smallest absolute Gasteiger partial charge is 0.0548 e. The number of nitrogens with zero attached hydrogens (tertiary/aromatic N) is 1. The van der Waals surface area contributed by atoms with E-state index in [0.29, 0.717) is 0 Å². The topological polar surface area (TPSA) is 15.3 Å². The molecule has 5 heteroatoms. The maximum Gasteiger partial charge on any atom is 0.0548 e. The van der Waals surface area contributed by atoms with Crippen molar-refractivity contribution >= 4 is 39.9 Å². The number of halogens is 3. The van der Waals surface area contributed by atoms with Crippen molar-refractivity contribution in [2.75, 3.05) is 26.2 Å². The number of hydrogen-bond acceptors (Lipinski definition) is 2. The van der Waals surface area contributed by atoms with Gasteiger partial charge in [-0.05, 0) is 58.6 Å². The Balaban J connectivity index is 0.00000120. The number of nitrogens with one attached hydrogen (secondary N) is 1. The van der Waals surface area contributed by atoms with E-state index in [2.05, 4.69) is 38.3 Å². The lowest BCUT2D eigenvalue weighted by molar-refractivity contribution is 0.305. The Morgan fingerprint density at radius 3 is 2.56 bits per heavy atom. The summed E-state index contributed by atoms with van der Waals surface area (Å²) in [7, 11) is 0. The lowest BCUT2D eigenvalue weighted by Gasteiger charge is -2.17. The lowest BCUT2D eigenvalue weighted by atomic mass is 10.0. The van der Waals surface area contributed by atoms with Crippen molar-refractivity contribution in [1.29, 1.82) is 0 Å². The fraction of sp³-hybridized carbons (Fsp3) is 0.538. The highest BCUT2D eigenvalue weighted by atomic mass is 79.9. The van der Waals surface area contributed by atoms with Crippen LogP contribution in [0.15, 0.2) is 22.7 Å². The Morgan fingerprint density at radius 1 is 1.28 bits per heavy atom. The SMILES string of the molecule is Cl.Clc1ccc(CN2C[C@H]3CNC[C@H]3C2)cc1Br. The van der Waals surface area contributed by atoms with Gasteiger partial charge in [-0.3, -0.25) is 4.90 Å². The Kier molecular flexibility index (Phi) is 4.95. The summed E-state index contributed by atoms with van der Waals surface area (Å²) in [6.45, 7) is 5.91. The first kappa shape index (κ1) is 14.6. The molecule has 1 N–H and O–H groups in total. The molecule has 2 atom stereocenters. The van der Waals surface area contributed by atoms with Gasteiger partial charge >= 0.3 is 0 Å². The summed E-state index contributed by atoms with van der Waals surface area (Å²) < 4.78 is 0.998. The first-order valence-electron chi connectivity index (χ1n) is 6.09. The molecule has 18 heavy (non-hydrogen) atoms. The molecule has 0 unspecified atom stereocenters. The zero-order valence-corrected chi connectivity index (χ0v) is 13.2. The summed E-state index contributed by atoms with van der Waals surface area (Å²) in [5.41, 5.74) is 1.34. The summed E-state index contributed by atoms with van der Waals surface area (Å²) in [5.74, 6) is 1.73. The van der Waals surface area contributed by atoms with E-state index in [1.54, 1.807) is 0 Å². The summed E-state index contributed by atoms with van der Waals surface area (Å²) in [6, 6.07) is 6.23. The second-order valence-electron chi connectivity index (χ2n) is 5.12. The lowest BCUT2D eigenvalue weighted by Crippen LogP contribution is -2.25. The highest BCUT2D eigenvalue weighted by Crippen LogP contribution is 2.29. The van der Waals surface area contributed by atoms with Crippen molar-refractivity contribution in [1.82, 2.24) is 10.2 Å². The van der Waals surface area contributed by atoms with E-state index in [0.717, 1.165) is 27.9 Å². The van der Waals surface area contributed by atoms with Gasteiger partial charge in [0.1, 0.15) is 0 Å². The monoisotopic (exact) mass is 350 g/mol. The van der Waals surface area contributed by atoms with E-state index in [4.69, 9.17) is 11.6 Å². The molecule has 2 aliphatic heterocycles. The molecule has 0 bridgehead atoms.